The fourth-order valence-electron chi connectivity index (χ4n) is 0.990. The van der Waals surface area contributed by atoms with E-state index in [4.69, 9.17) is 33.7 Å². The summed E-state index contributed by atoms with van der Waals surface area (Å²) in [7, 11) is 0. The monoisotopic (exact) mass is 312 g/mol. The molecule has 2 N–H and O–H groups in total. The highest BCUT2D eigenvalue weighted by Crippen LogP contribution is 2.35. The van der Waals surface area contributed by atoms with Crippen molar-refractivity contribution in [1.29, 1.82) is 0 Å². The summed E-state index contributed by atoms with van der Waals surface area (Å²) in [6.45, 7) is 1.70. The highest BCUT2D eigenvalue weighted by Gasteiger charge is 2.17. The van der Waals surface area contributed by atoms with Gasteiger partial charge in [0.1, 0.15) is 10.0 Å². The van der Waals surface area contributed by atoms with Crippen LogP contribution < -0.4 is 10.5 Å². The molecule has 0 bridgehead atoms. The van der Waals surface area contributed by atoms with Gasteiger partial charge in [-0.15, -0.1) is 0 Å². The van der Waals surface area contributed by atoms with Crippen molar-refractivity contribution in [2.24, 2.45) is 0 Å². The zero-order valence-corrected chi connectivity index (χ0v) is 11.8. The van der Waals surface area contributed by atoms with Crippen LogP contribution in [-0.4, -0.2) is 22.5 Å². The molecule has 0 fully saturated rings. The van der Waals surface area contributed by atoms with Crippen LogP contribution in [0.1, 0.15) is 13.3 Å². The van der Waals surface area contributed by atoms with Crippen LogP contribution in [0.15, 0.2) is 0 Å². The van der Waals surface area contributed by atoms with Crippen LogP contribution in [0.3, 0.4) is 0 Å². The van der Waals surface area contributed by atoms with Crippen molar-refractivity contribution in [3.05, 3.63) is 16.0 Å². The fraction of sp³-hybridized carbons (Fsp3) is 0.400. The van der Waals surface area contributed by atoms with Crippen molar-refractivity contribution in [3.63, 3.8) is 0 Å². The van der Waals surface area contributed by atoms with Crippen LogP contribution in [-0.2, 0) is 4.79 Å². The Morgan fingerprint density at radius 1 is 1.50 bits per heavy atom. The molecule has 0 aliphatic heterocycles. The highest BCUT2D eigenvalue weighted by molar-refractivity contribution is 8.13. The Kier molecular flexibility index (Phi) is 5.98. The van der Waals surface area contributed by atoms with Crippen LogP contribution in [0.2, 0.25) is 10.0 Å². The molecule has 0 aliphatic carbocycles. The van der Waals surface area contributed by atoms with Crippen molar-refractivity contribution in [1.82, 2.24) is 4.98 Å². The Balaban J connectivity index is 2.71. The van der Waals surface area contributed by atoms with Crippen LogP contribution in [0.25, 0.3) is 0 Å². The van der Waals surface area contributed by atoms with Gasteiger partial charge in [0, 0.05) is 5.75 Å². The van der Waals surface area contributed by atoms with E-state index in [0.29, 0.717) is 5.75 Å². The lowest BCUT2D eigenvalue weighted by Gasteiger charge is -2.09. The van der Waals surface area contributed by atoms with Gasteiger partial charge in [0.25, 0.3) is 0 Å². The largest absolute Gasteiger partial charge is 0.467 e. The Morgan fingerprint density at radius 2 is 2.17 bits per heavy atom. The third-order valence-corrected chi connectivity index (χ3v) is 3.61. The first-order chi connectivity index (χ1) is 8.47. The number of nitrogens with two attached hydrogens (primary N) is 1. The second-order valence-corrected chi connectivity index (χ2v) is 5.17. The van der Waals surface area contributed by atoms with Crippen molar-refractivity contribution < 1.29 is 13.9 Å². The van der Waals surface area contributed by atoms with E-state index < -0.39 is 5.95 Å². The molecule has 8 heteroatoms. The van der Waals surface area contributed by atoms with Gasteiger partial charge in [-0.3, -0.25) is 4.79 Å². The first-order valence-electron chi connectivity index (χ1n) is 5.05. The van der Waals surface area contributed by atoms with E-state index in [2.05, 4.69) is 4.98 Å². The molecule has 4 nitrogen and oxygen atoms in total. The number of aromatic nitrogens is 1. The van der Waals surface area contributed by atoms with Crippen molar-refractivity contribution in [2.75, 3.05) is 18.1 Å². The van der Waals surface area contributed by atoms with Gasteiger partial charge < -0.3 is 10.5 Å². The number of nitrogens with zero attached hydrogens (tertiary/aromatic N) is 1. The lowest BCUT2D eigenvalue weighted by Crippen LogP contribution is -2.10. The summed E-state index contributed by atoms with van der Waals surface area (Å²) in [4.78, 5) is 14.7. The smallest absolute Gasteiger partial charge is 0.238 e. The van der Waals surface area contributed by atoms with Gasteiger partial charge in [-0.1, -0.05) is 41.9 Å². The van der Waals surface area contributed by atoms with E-state index in [-0.39, 0.29) is 33.3 Å². The first kappa shape index (κ1) is 15.3. The molecule has 0 unspecified atom stereocenters. The Hall–Kier alpha value is -0.720. The lowest BCUT2D eigenvalue weighted by atomic mass is 10.4. The molecule has 0 spiro atoms. The van der Waals surface area contributed by atoms with Gasteiger partial charge in [0.15, 0.2) is 6.61 Å². The normalized spacial score (nSPS) is 10.4. The molecule has 0 aromatic carbocycles. The molecule has 0 aliphatic rings. The van der Waals surface area contributed by atoms with Crippen LogP contribution >= 0.6 is 35.0 Å². The molecular formula is C10H11Cl2FN2O2S. The number of rotatable bonds is 5. The number of pyridine rings is 1. The molecular weight excluding hydrogens is 302 g/mol. The summed E-state index contributed by atoms with van der Waals surface area (Å²) in [6, 6.07) is 0. The molecule has 1 rings (SSSR count). The van der Waals surface area contributed by atoms with Gasteiger partial charge >= 0.3 is 0 Å². The van der Waals surface area contributed by atoms with Crippen molar-refractivity contribution in [3.8, 4) is 5.88 Å². The van der Waals surface area contributed by atoms with Gasteiger partial charge in [0.2, 0.25) is 16.9 Å². The molecule has 0 saturated carbocycles. The zero-order chi connectivity index (χ0) is 13.7. The van der Waals surface area contributed by atoms with Gasteiger partial charge in [0.05, 0.1) is 5.69 Å². The van der Waals surface area contributed by atoms with Gasteiger partial charge in [-0.25, -0.2) is 0 Å². The van der Waals surface area contributed by atoms with E-state index in [0.717, 1.165) is 18.2 Å². The first-order valence-corrected chi connectivity index (χ1v) is 6.79. The standard InChI is InChI=1S/C10H11Cl2FN2O2S/c1-2-3-18-5(16)4-17-10-7(12)8(14)6(11)9(13)15-10/h2-4H2,1H3,(H2,14,15). The number of hydrogen-bond acceptors (Lipinski definition) is 5. The third-order valence-electron chi connectivity index (χ3n) is 1.84. The molecule has 1 heterocycles. The lowest BCUT2D eigenvalue weighted by molar-refractivity contribution is -0.112. The number of carbonyl (C=O) groups excluding carboxylic acids is 1. The fourth-order valence-corrected chi connectivity index (χ4v) is 1.94. The minimum absolute atomic E-state index is 0.102. The predicted molar refractivity (Wildman–Crippen MR) is 71.9 cm³/mol. The van der Waals surface area contributed by atoms with E-state index >= 15 is 0 Å². The maximum Gasteiger partial charge on any atom is 0.238 e. The summed E-state index contributed by atoms with van der Waals surface area (Å²) in [5, 5.41) is -0.655. The Labute approximate surface area is 118 Å². The molecule has 100 valence electrons. The van der Waals surface area contributed by atoms with Gasteiger partial charge in [-0.05, 0) is 6.42 Å². The van der Waals surface area contributed by atoms with E-state index in [1.54, 1.807) is 0 Å². The quantitative estimate of drug-likeness (QED) is 0.846. The number of carbonyl (C=O) groups is 1. The minimum Gasteiger partial charge on any atom is -0.467 e. The average Bonchev–Trinajstić information content (AvgIpc) is 2.36. The maximum atomic E-state index is 13.2. The number of hydrogen-bond donors (Lipinski definition) is 1. The SMILES string of the molecule is CCCSC(=O)COc1nc(F)c(Cl)c(N)c1Cl. The summed E-state index contributed by atoms with van der Waals surface area (Å²) in [5.41, 5.74) is 5.30. The summed E-state index contributed by atoms with van der Waals surface area (Å²) in [6.07, 6.45) is 0.873. The maximum absolute atomic E-state index is 13.2. The predicted octanol–water partition coefficient (Wildman–Crippen LogP) is 3.16. The van der Waals surface area contributed by atoms with E-state index in [9.17, 15) is 9.18 Å². The topological polar surface area (TPSA) is 65.2 Å². The number of thioether (sulfide) groups is 1. The summed E-state index contributed by atoms with van der Waals surface area (Å²) in [5.74, 6) is -0.524. The molecule has 18 heavy (non-hydrogen) atoms. The minimum atomic E-state index is -0.984. The molecule has 0 atom stereocenters. The van der Waals surface area contributed by atoms with Crippen molar-refractivity contribution in [2.45, 2.75) is 13.3 Å². The number of nitrogen functional groups attached to an aromatic ring is 1. The average molecular weight is 313 g/mol. The molecule has 0 amide bonds. The highest BCUT2D eigenvalue weighted by atomic mass is 35.5. The van der Waals surface area contributed by atoms with E-state index in [1.165, 1.54) is 0 Å². The summed E-state index contributed by atoms with van der Waals surface area (Å²) >= 11 is 12.4. The molecule has 0 saturated heterocycles. The van der Waals surface area contributed by atoms with Gasteiger partial charge in [-0.2, -0.15) is 9.37 Å². The Bertz CT molecular complexity index is 460. The van der Waals surface area contributed by atoms with Crippen LogP contribution in [0, 0.1) is 5.95 Å². The number of anilines is 1. The Morgan fingerprint density at radius 3 is 2.78 bits per heavy atom. The third kappa shape index (κ3) is 3.90. The number of ether oxygens (including phenoxy) is 1. The second-order valence-electron chi connectivity index (χ2n) is 3.26. The second kappa shape index (κ2) is 7.01. The van der Waals surface area contributed by atoms with Crippen LogP contribution in [0.5, 0.6) is 5.88 Å². The van der Waals surface area contributed by atoms with Crippen molar-refractivity contribution >= 4 is 45.8 Å². The summed E-state index contributed by atoms with van der Waals surface area (Å²) < 4.78 is 18.2. The van der Waals surface area contributed by atoms with E-state index in [1.807, 2.05) is 6.92 Å². The molecule has 1 aromatic rings. The van der Waals surface area contributed by atoms with Crippen LogP contribution in [0.4, 0.5) is 10.1 Å². The zero-order valence-electron chi connectivity index (χ0n) is 9.50. The number of halogens is 3. The molecule has 0 radical (unpaired) electrons. The molecule has 1 aromatic heterocycles.